The van der Waals surface area contributed by atoms with E-state index in [0.29, 0.717) is 17.3 Å². The van der Waals surface area contributed by atoms with Gasteiger partial charge in [-0.25, -0.2) is 4.79 Å². The Balaban J connectivity index is 1.65. The first-order valence-electron chi connectivity index (χ1n) is 8.63. The molecule has 3 nitrogen and oxygen atoms in total. The minimum absolute atomic E-state index is 0.374. The standard InChI is InChI=1S/C22H21NO2S2/c1-18-12-14-21(15-13-18)25-22(24)23(26-16-19-8-4-2-5-9-19)27-17-20-10-6-3-7-11-20/h2-15H,16-17H2,1H3. The molecule has 0 aliphatic heterocycles. The predicted molar refractivity (Wildman–Crippen MR) is 115 cm³/mol. The molecular weight excluding hydrogens is 374 g/mol. The molecule has 5 heteroatoms. The fourth-order valence-electron chi connectivity index (χ4n) is 2.30. The summed E-state index contributed by atoms with van der Waals surface area (Å²) in [5.41, 5.74) is 3.45. The zero-order valence-electron chi connectivity index (χ0n) is 15.1. The molecule has 0 atom stereocenters. The van der Waals surface area contributed by atoms with E-state index >= 15 is 0 Å². The molecule has 0 unspecified atom stereocenters. The maximum Gasteiger partial charge on any atom is 0.435 e. The Morgan fingerprint density at radius 1 is 0.778 bits per heavy atom. The molecular formula is C22H21NO2S2. The number of amides is 1. The van der Waals surface area contributed by atoms with Gasteiger partial charge < -0.3 is 4.74 Å². The largest absolute Gasteiger partial charge is 0.435 e. The number of hydrogen-bond donors (Lipinski definition) is 0. The Morgan fingerprint density at radius 3 is 1.74 bits per heavy atom. The number of benzene rings is 3. The topological polar surface area (TPSA) is 29.5 Å². The minimum Gasteiger partial charge on any atom is -0.409 e. The number of carbonyl (C=O) groups excluding carboxylic acids is 1. The normalized spacial score (nSPS) is 10.4. The van der Waals surface area contributed by atoms with Gasteiger partial charge in [-0.1, -0.05) is 78.4 Å². The van der Waals surface area contributed by atoms with Crippen LogP contribution in [0.5, 0.6) is 5.75 Å². The lowest BCUT2D eigenvalue weighted by Crippen LogP contribution is -2.22. The molecule has 3 aromatic carbocycles. The van der Waals surface area contributed by atoms with E-state index in [1.807, 2.05) is 67.6 Å². The SMILES string of the molecule is Cc1ccc(OC(=O)N(SCc2ccccc2)SCc2ccccc2)cc1. The van der Waals surface area contributed by atoms with Crippen LogP contribution in [0.4, 0.5) is 4.79 Å². The molecule has 0 radical (unpaired) electrons. The van der Waals surface area contributed by atoms with Crippen molar-refractivity contribution in [2.45, 2.75) is 18.4 Å². The van der Waals surface area contributed by atoms with Crippen molar-refractivity contribution in [3.8, 4) is 5.75 Å². The highest BCUT2D eigenvalue weighted by Crippen LogP contribution is 2.29. The summed E-state index contributed by atoms with van der Waals surface area (Å²) in [5.74, 6) is 1.95. The summed E-state index contributed by atoms with van der Waals surface area (Å²) in [4.78, 5) is 12.7. The second kappa shape index (κ2) is 10.1. The van der Waals surface area contributed by atoms with Crippen LogP contribution < -0.4 is 4.74 Å². The van der Waals surface area contributed by atoms with Gasteiger partial charge in [0.1, 0.15) is 5.75 Å². The Hall–Kier alpha value is -2.37. The second-order valence-electron chi connectivity index (χ2n) is 5.96. The van der Waals surface area contributed by atoms with Crippen molar-refractivity contribution in [3.63, 3.8) is 0 Å². The number of hydrogen-bond acceptors (Lipinski definition) is 4. The zero-order chi connectivity index (χ0) is 18.9. The van der Waals surface area contributed by atoms with Gasteiger partial charge in [0.15, 0.2) is 0 Å². The third-order valence-electron chi connectivity index (χ3n) is 3.76. The van der Waals surface area contributed by atoms with E-state index in [1.165, 1.54) is 23.9 Å². The smallest absolute Gasteiger partial charge is 0.409 e. The minimum atomic E-state index is -0.374. The molecule has 0 aliphatic rings. The molecule has 0 bridgehead atoms. The van der Waals surface area contributed by atoms with Crippen LogP contribution in [0.2, 0.25) is 0 Å². The zero-order valence-corrected chi connectivity index (χ0v) is 16.7. The van der Waals surface area contributed by atoms with Gasteiger partial charge in [-0.2, -0.15) is 3.71 Å². The average molecular weight is 396 g/mol. The predicted octanol–water partition coefficient (Wildman–Crippen LogP) is 6.49. The molecule has 0 aromatic heterocycles. The van der Waals surface area contributed by atoms with E-state index in [4.69, 9.17) is 4.74 Å². The fourth-order valence-corrected chi connectivity index (χ4v) is 4.12. The fraction of sp³-hybridized carbons (Fsp3) is 0.136. The van der Waals surface area contributed by atoms with Crippen molar-refractivity contribution in [2.24, 2.45) is 0 Å². The van der Waals surface area contributed by atoms with E-state index < -0.39 is 0 Å². The van der Waals surface area contributed by atoms with Gasteiger partial charge >= 0.3 is 6.09 Å². The molecule has 0 fully saturated rings. The first kappa shape index (κ1) is 19.4. The van der Waals surface area contributed by atoms with Crippen LogP contribution in [0, 0.1) is 6.92 Å². The molecule has 138 valence electrons. The van der Waals surface area contributed by atoms with Gasteiger partial charge in [0.05, 0.1) is 0 Å². The van der Waals surface area contributed by atoms with Crippen LogP contribution in [0.3, 0.4) is 0 Å². The Morgan fingerprint density at radius 2 is 1.26 bits per heavy atom. The van der Waals surface area contributed by atoms with Crippen LogP contribution in [-0.4, -0.2) is 9.80 Å². The van der Waals surface area contributed by atoms with Gasteiger partial charge in [0.2, 0.25) is 0 Å². The summed E-state index contributed by atoms with van der Waals surface area (Å²) in [6.07, 6.45) is -0.374. The number of carbonyl (C=O) groups is 1. The molecule has 0 saturated heterocycles. The number of nitrogens with zero attached hydrogens (tertiary/aromatic N) is 1. The molecule has 0 N–H and O–H groups in total. The lowest BCUT2D eigenvalue weighted by molar-refractivity contribution is 0.197. The number of ether oxygens (including phenoxy) is 1. The average Bonchev–Trinajstić information content (AvgIpc) is 2.71. The third-order valence-corrected chi connectivity index (χ3v) is 6.08. The van der Waals surface area contributed by atoms with Crippen LogP contribution in [0.1, 0.15) is 16.7 Å². The van der Waals surface area contributed by atoms with E-state index in [0.717, 1.165) is 16.7 Å². The van der Waals surface area contributed by atoms with E-state index in [9.17, 15) is 4.79 Å². The Bertz CT molecular complexity index is 796. The van der Waals surface area contributed by atoms with Crippen LogP contribution in [0.25, 0.3) is 0 Å². The number of rotatable bonds is 7. The molecule has 0 spiro atoms. The lowest BCUT2D eigenvalue weighted by atomic mass is 10.2. The monoisotopic (exact) mass is 395 g/mol. The molecule has 0 saturated carbocycles. The van der Waals surface area contributed by atoms with Gasteiger partial charge in [-0.05, 0) is 54.1 Å². The molecule has 1 amide bonds. The van der Waals surface area contributed by atoms with Crippen LogP contribution in [-0.2, 0) is 11.5 Å². The quantitative estimate of drug-likeness (QED) is 0.428. The summed E-state index contributed by atoms with van der Waals surface area (Å²) in [7, 11) is 0. The molecule has 0 aliphatic carbocycles. The maximum absolute atomic E-state index is 12.7. The third kappa shape index (κ3) is 6.38. The Labute approximate surface area is 169 Å². The first-order valence-corrected chi connectivity index (χ1v) is 10.5. The summed E-state index contributed by atoms with van der Waals surface area (Å²) < 4.78 is 7.18. The second-order valence-corrected chi connectivity index (χ2v) is 8.01. The van der Waals surface area contributed by atoms with Crippen molar-refractivity contribution in [1.82, 2.24) is 3.71 Å². The summed E-state index contributed by atoms with van der Waals surface area (Å²) in [6.45, 7) is 2.00. The van der Waals surface area contributed by atoms with Crippen molar-refractivity contribution in [2.75, 3.05) is 0 Å². The van der Waals surface area contributed by atoms with Gasteiger partial charge in [-0.15, -0.1) is 0 Å². The van der Waals surface area contributed by atoms with E-state index in [1.54, 1.807) is 3.71 Å². The van der Waals surface area contributed by atoms with E-state index in [2.05, 4.69) is 24.3 Å². The van der Waals surface area contributed by atoms with E-state index in [-0.39, 0.29) is 6.09 Å². The first-order chi connectivity index (χ1) is 13.2. The maximum atomic E-state index is 12.7. The van der Waals surface area contributed by atoms with Crippen LogP contribution >= 0.6 is 23.9 Å². The highest BCUT2D eigenvalue weighted by molar-refractivity contribution is 8.12. The molecule has 0 heterocycles. The van der Waals surface area contributed by atoms with Crippen molar-refractivity contribution >= 4 is 30.0 Å². The summed E-state index contributed by atoms with van der Waals surface area (Å²) >= 11 is 2.89. The molecule has 3 rings (SSSR count). The van der Waals surface area contributed by atoms with Crippen molar-refractivity contribution in [3.05, 3.63) is 102 Å². The Kier molecular flexibility index (Phi) is 7.25. The number of aryl methyl sites for hydroxylation is 1. The summed E-state index contributed by atoms with van der Waals surface area (Å²) in [6, 6.07) is 27.7. The van der Waals surface area contributed by atoms with Crippen molar-refractivity contribution in [1.29, 1.82) is 0 Å². The highest BCUT2D eigenvalue weighted by atomic mass is 32.2. The van der Waals surface area contributed by atoms with Gasteiger partial charge in [0, 0.05) is 11.5 Å². The van der Waals surface area contributed by atoms with Crippen molar-refractivity contribution < 1.29 is 9.53 Å². The van der Waals surface area contributed by atoms with Crippen LogP contribution in [0.15, 0.2) is 84.9 Å². The highest BCUT2D eigenvalue weighted by Gasteiger charge is 2.18. The summed E-state index contributed by atoms with van der Waals surface area (Å²) in [5, 5.41) is 0. The molecule has 27 heavy (non-hydrogen) atoms. The van der Waals surface area contributed by atoms with Gasteiger partial charge in [0.25, 0.3) is 0 Å². The molecule has 3 aromatic rings. The van der Waals surface area contributed by atoms with Gasteiger partial charge in [-0.3, -0.25) is 0 Å². The lowest BCUT2D eigenvalue weighted by Gasteiger charge is -2.19.